The molecule has 1 heteroatoms. The first-order valence-corrected chi connectivity index (χ1v) is 5.98. The van der Waals surface area contributed by atoms with Gasteiger partial charge in [-0.05, 0) is 47.4 Å². The smallest absolute Gasteiger partial charge is 0.119 e. The fraction of sp³-hybridized carbons (Fsp3) is 0.250. The monoisotopic (exact) mass is 225 g/mol. The van der Waals surface area contributed by atoms with Crippen LogP contribution in [-0.4, -0.2) is 7.11 Å². The molecule has 0 saturated carbocycles. The Hall–Kier alpha value is -1.76. The number of rotatable bonds is 4. The Labute approximate surface area is 103 Å². The molecule has 1 radical (unpaired) electrons. The molecule has 0 saturated heterocycles. The van der Waals surface area contributed by atoms with Gasteiger partial charge in [-0.15, -0.1) is 0 Å². The molecule has 17 heavy (non-hydrogen) atoms. The molecule has 0 bridgehead atoms. The van der Waals surface area contributed by atoms with Gasteiger partial charge in [0.05, 0.1) is 7.11 Å². The average molecular weight is 225 g/mol. The van der Waals surface area contributed by atoms with E-state index in [2.05, 4.69) is 37.3 Å². The van der Waals surface area contributed by atoms with Crippen LogP contribution in [0.15, 0.2) is 42.5 Å². The summed E-state index contributed by atoms with van der Waals surface area (Å²) in [4.78, 5) is 0. The minimum Gasteiger partial charge on any atom is -0.497 e. The van der Waals surface area contributed by atoms with Gasteiger partial charge in [0.25, 0.3) is 0 Å². The molecule has 0 amide bonds. The lowest BCUT2D eigenvalue weighted by molar-refractivity contribution is 0.415. The minimum atomic E-state index is 0.889. The Morgan fingerprint density at radius 2 is 2.00 bits per heavy atom. The van der Waals surface area contributed by atoms with Gasteiger partial charge < -0.3 is 4.74 Å². The largest absolute Gasteiger partial charge is 0.497 e. The molecule has 87 valence electrons. The zero-order valence-corrected chi connectivity index (χ0v) is 10.4. The van der Waals surface area contributed by atoms with Crippen LogP contribution in [0.4, 0.5) is 0 Å². The van der Waals surface area contributed by atoms with Gasteiger partial charge in [-0.1, -0.05) is 37.6 Å². The molecule has 0 fully saturated rings. The second-order valence-electron chi connectivity index (χ2n) is 4.08. The van der Waals surface area contributed by atoms with Crippen molar-refractivity contribution in [3.05, 3.63) is 54.1 Å². The standard InChI is InChI=1S/C16H17O/c1-3-5-13-8-10-14(11-9-13)15-6-4-7-16(12-15)17-2/h4,6-8,10-12H,3,5H2,1-2H3. The van der Waals surface area contributed by atoms with Gasteiger partial charge in [-0.2, -0.15) is 0 Å². The fourth-order valence-electron chi connectivity index (χ4n) is 1.86. The summed E-state index contributed by atoms with van der Waals surface area (Å²) in [7, 11) is 1.69. The predicted molar refractivity (Wildman–Crippen MR) is 71.3 cm³/mol. The number of aryl methyl sites for hydroxylation is 1. The lowest BCUT2D eigenvalue weighted by atomic mass is 10.0. The van der Waals surface area contributed by atoms with Gasteiger partial charge in [0.15, 0.2) is 0 Å². The molecule has 0 atom stereocenters. The van der Waals surface area contributed by atoms with Gasteiger partial charge >= 0.3 is 0 Å². The van der Waals surface area contributed by atoms with Gasteiger partial charge in [-0.25, -0.2) is 0 Å². The summed E-state index contributed by atoms with van der Waals surface area (Å²) in [5.74, 6) is 0.889. The van der Waals surface area contributed by atoms with Crippen molar-refractivity contribution < 1.29 is 4.74 Å². The zero-order chi connectivity index (χ0) is 12.1. The molecule has 0 heterocycles. The van der Waals surface area contributed by atoms with Crippen molar-refractivity contribution in [2.75, 3.05) is 7.11 Å². The molecule has 0 aliphatic heterocycles. The molecule has 0 aliphatic rings. The second kappa shape index (κ2) is 5.53. The summed E-state index contributed by atoms with van der Waals surface area (Å²) in [6.07, 6.45) is 2.26. The number of benzene rings is 2. The van der Waals surface area contributed by atoms with Crippen molar-refractivity contribution in [2.45, 2.75) is 19.8 Å². The number of methoxy groups -OCH3 is 1. The molecule has 0 aromatic heterocycles. The highest BCUT2D eigenvalue weighted by molar-refractivity contribution is 5.65. The summed E-state index contributed by atoms with van der Waals surface area (Å²) in [5.41, 5.74) is 3.63. The Kier molecular flexibility index (Phi) is 3.81. The number of hydrogen-bond donors (Lipinski definition) is 0. The van der Waals surface area contributed by atoms with E-state index in [0.717, 1.165) is 18.6 Å². The van der Waals surface area contributed by atoms with E-state index in [0.29, 0.717) is 0 Å². The van der Waals surface area contributed by atoms with Gasteiger partial charge in [0.1, 0.15) is 5.75 Å². The topological polar surface area (TPSA) is 9.23 Å². The Morgan fingerprint density at radius 1 is 1.12 bits per heavy atom. The molecule has 2 aromatic rings. The van der Waals surface area contributed by atoms with Crippen molar-refractivity contribution in [2.24, 2.45) is 0 Å². The summed E-state index contributed by atoms with van der Waals surface area (Å²) >= 11 is 0. The lowest BCUT2D eigenvalue weighted by Gasteiger charge is -2.05. The maximum Gasteiger partial charge on any atom is 0.119 e. The molecule has 2 aromatic carbocycles. The van der Waals surface area contributed by atoms with Crippen LogP contribution in [0.3, 0.4) is 0 Å². The van der Waals surface area contributed by atoms with Gasteiger partial charge in [0, 0.05) is 0 Å². The maximum absolute atomic E-state index is 5.23. The first-order chi connectivity index (χ1) is 8.33. The average Bonchev–Trinajstić information content (AvgIpc) is 2.40. The normalized spacial score (nSPS) is 10.2. The van der Waals surface area contributed by atoms with Crippen LogP contribution in [-0.2, 0) is 6.42 Å². The first kappa shape index (κ1) is 11.7. The van der Waals surface area contributed by atoms with E-state index in [4.69, 9.17) is 4.74 Å². The van der Waals surface area contributed by atoms with E-state index in [1.807, 2.05) is 18.2 Å². The van der Waals surface area contributed by atoms with Crippen molar-refractivity contribution in [1.82, 2.24) is 0 Å². The van der Waals surface area contributed by atoms with Crippen molar-refractivity contribution >= 4 is 0 Å². The molecule has 1 nitrogen and oxygen atoms in total. The van der Waals surface area contributed by atoms with Crippen LogP contribution in [0.5, 0.6) is 5.75 Å². The molecular formula is C16H17O. The molecule has 2 rings (SSSR count). The SMILES string of the molecule is CCCc1[c]cc(-c2cccc(OC)c2)cc1. The van der Waals surface area contributed by atoms with Crippen LogP contribution in [0.2, 0.25) is 0 Å². The number of ether oxygens (including phenoxy) is 1. The molecule has 0 spiro atoms. The van der Waals surface area contributed by atoms with Gasteiger partial charge in [0.2, 0.25) is 0 Å². The van der Waals surface area contributed by atoms with Gasteiger partial charge in [-0.3, -0.25) is 0 Å². The Bertz CT molecular complexity index is 471. The molecule has 0 N–H and O–H groups in total. The highest BCUT2D eigenvalue weighted by atomic mass is 16.5. The third-order valence-electron chi connectivity index (χ3n) is 2.80. The van der Waals surface area contributed by atoms with Crippen LogP contribution in [0.1, 0.15) is 18.9 Å². The summed E-state index contributed by atoms with van der Waals surface area (Å²) in [6, 6.07) is 17.8. The summed E-state index contributed by atoms with van der Waals surface area (Å²) in [5, 5.41) is 0. The third kappa shape index (κ3) is 2.88. The van der Waals surface area contributed by atoms with Crippen LogP contribution in [0.25, 0.3) is 11.1 Å². The summed E-state index contributed by atoms with van der Waals surface area (Å²) < 4.78 is 5.23. The zero-order valence-electron chi connectivity index (χ0n) is 10.4. The fourth-order valence-corrected chi connectivity index (χ4v) is 1.86. The third-order valence-corrected chi connectivity index (χ3v) is 2.80. The van der Waals surface area contributed by atoms with E-state index >= 15 is 0 Å². The van der Waals surface area contributed by atoms with E-state index in [1.165, 1.54) is 16.7 Å². The predicted octanol–water partition coefficient (Wildman–Crippen LogP) is 4.11. The number of hydrogen-bond acceptors (Lipinski definition) is 1. The quantitative estimate of drug-likeness (QED) is 0.760. The first-order valence-electron chi connectivity index (χ1n) is 5.98. The van der Waals surface area contributed by atoms with E-state index in [-0.39, 0.29) is 0 Å². The van der Waals surface area contributed by atoms with E-state index in [1.54, 1.807) is 7.11 Å². The minimum absolute atomic E-state index is 0.889. The Morgan fingerprint density at radius 3 is 2.65 bits per heavy atom. The summed E-state index contributed by atoms with van der Waals surface area (Å²) in [6.45, 7) is 2.18. The molecule has 0 unspecified atom stereocenters. The van der Waals surface area contributed by atoms with Crippen LogP contribution >= 0.6 is 0 Å². The van der Waals surface area contributed by atoms with Crippen molar-refractivity contribution in [3.8, 4) is 16.9 Å². The van der Waals surface area contributed by atoms with Crippen molar-refractivity contribution in [3.63, 3.8) is 0 Å². The van der Waals surface area contributed by atoms with E-state index < -0.39 is 0 Å². The van der Waals surface area contributed by atoms with Crippen molar-refractivity contribution in [1.29, 1.82) is 0 Å². The lowest BCUT2D eigenvalue weighted by Crippen LogP contribution is -1.86. The highest BCUT2D eigenvalue weighted by Gasteiger charge is 2.00. The Balaban J connectivity index is 2.26. The maximum atomic E-state index is 5.23. The van der Waals surface area contributed by atoms with Crippen LogP contribution in [0, 0.1) is 6.07 Å². The molecular weight excluding hydrogens is 208 g/mol. The second-order valence-corrected chi connectivity index (χ2v) is 4.08. The highest BCUT2D eigenvalue weighted by Crippen LogP contribution is 2.23. The van der Waals surface area contributed by atoms with Crippen LogP contribution < -0.4 is 4.74 Å². The van der Waals surface area contributed by atoms with E-state index in [9.17, 15) is 0 Å². The molecule has 0 aliphatic carbocycles.